The second-order valence-corrected chi connectivity index (χ2v) is 5.14. The molecule has 2 rings (SSSR count). The molecule has 0 radical (unpaired) electrons. The molecule has 0 aromatic heterocycles. The molecule has 3 heteroatoms. The first-order valence-electron chi connectivity index (χ1n) is 7.49. The summed E-state index contributed by atoms with van der Waals surface area (Å²) in [6, 6.07) is 16.3. The van der Waals surface area contributed by atoms with Gasteiger partial charge in [0.05, 0.1) is 6.61 Å². The van der Waals surface area contributed by atoms with E-state index in [0.717, 1.165) is 36.5 Å². The van der Waals surface area contributed by atoms with Gasteiger partial charge in [-0.1, -0.05) is 18.2 Å². The molecule has 112 valence electrons. The van der Waals surface area contributed by atoms with Crippen LogP contribution in [0, 0.1) is 6.92 Å². The molecule has 0 spiro atoms. The Kier molecular flexibility index (Phi) is 5.50. The fraction of sp³-hybridized carbons (Fsp3) is 0.333. The van der Waals surface area contributed by atoms with Crippen LogP contribution in [0.2, 0.25) is 0 Å². The predicted octanol–water partition coefficient (Wildman–Crippen LogP) is 3.87. The Bertz CT molecular complexity index is 554. The molecule has 0 amide bonds. The van der Waals surface area contributed by atoms with Gasteiger partial charge >= 0.3 is 0 Å². The van der Waals surface area contributed by atoms with Gasteiger partial charge < -0.3 is 15.4 Å². The van der Waals surface area contributed by atoms with Crippen molar-refractivity contribution in [3.8, 4) is 5.75 Å². The number of hydrogen-bond acceptors (Lipinski definition) is 3. The molecule has 0 saturated carbocycles. The first kappa shape index (κ1) is 15.2. The smallest absolute Gasteiger partial charge is 0.119 e. The Hall–Kier alpha value is -2.16. The highest BCUT2D eigenvalue weighted by Gasteiger charge is 2.03. The molecular weight excluding hydrogens is 260 g/mol. The van der Waals surface area contributed by atoms with Gasteiger partial charge in [-0.05, 0) is 56.2 Å². The van der Waals surface area contributed by atoms with Crippen molar-refractivity contribution in [1.29, 1.82) is 0 Å². The van der Waals surface area contributed by atoms with Gasteiger partial charge in [0.1, 0.15) is 5.75 Å². The lowest BCUT2D eigenvalue weighted by Gasteiger charge is -2.23. The lowest BCUT2D eigenvalue weighted by Crippen LogP contribution is -2.25. The third-order valence-electron chi connectivity index (χ3n) is 3.59. The maximum absolute atomic E-state index is 5.80. The summed E-state index contributed by atoms with van der Waals surface area (Å²) < 4.78 is 5.79. The molecule has 0 aliphatic rings. The van der Waals surface area contributed by atoms with Crippen molar-refractivity contribution < 1.29 is 4.74 Å². The Balaban J connectivity index is 1.79. The molecule has 0 atom stereocenters. The molecule has 0 aliphatic heterocycles. The van der Waals surface area contributed by atoms with Gasteiger partial charge in [0.25, 0.3) is 0 Å². The van der Waals surface area contributed by atoms with Crippen LogP contribution in [0.3, 0.4) is 0 Å². The quantitative estimate of drug-likeness (QED) is 0.619. The predicted molar refractivity (Wildman–Crippen MR) is 90.0 cm³/mol. The molecule has 0 heterocycles. The van der Waals surface area contributed by atoms with E-state index < -0.39 is 0 Å². The summed E-state index contributed by atoms with van der Waals surface area (Å²) in [5.41, 5.74) is 8.94. The summed E-state index contributed by atoms with van der Waals surface area (Å²) in [7, 11) is 0. The van der Waals surface area contributed by atoms with Crippen molar-refractivity contribution in [2.45, 2.75) is 20.3 Å². The van der Waals surface area contributed by atoms with Crippen LogP contribution in [0.1, 0.15) is 18.9 Å². The van der Waals surface area contributed by atoms with Crippen molar-refractivity contribution in [3.05, 3.63) is 54.1 Å². The van der Waals surface area contributed by atoms with Gasteiger partial charge in [-0.2, -0.15) is 0 Å². The Morgan fingerprint density at radius 1 is 1.10 bits per heavy atom. The van der Waals surface area contributed by atoms with E-state index in [1.54, 1.807) is 0 Å². The molecule has 0 unspecified atom stereocenters. The number of nitrogens with two attached hydrogens (primary N) is 1. The number of benzene rings is 2. The van der Waals surface area contributed by atoms with E-state index in [0.29, 0.717) is 6.61 Å². The zero-order valence-corrected chi connectivity index (χ0v) is 12.9. The van der Waals surface area contributed by atoms with Crippen LogP contribution >= 0.6 is 0 Å². The third-order valence-corrected chi connectivity index (χ3v) is 3.59. The number of nitrogens with zero attached hydrogens (tertiary/aromatic N) is 1. The molecule has 3 nitrogen and oxygen atoms in total. The minimum absolute atomic E-state index is 0.715. The standard InChI is InChI=1S/C18H24N2O/c1-3-20(16-8-5-4-6-9-16)12-7-13-21-17-10-11-18(19)15(2)14-17/h4-6,8-11,14H,3,7,12-13,19H2,1-2H3. The minimum Gasteiger partial charge on any atom is -0.494 e. The van der Waals surface area contributed by atoms with Gasteiger partial charge in [-0.15, -0.1) is 0 Å². The van der Waals surface area contributed by atoms with E-state index in [9.17, 15) is 0 Å². The van der Waals surface area contributed by atoms with E-state index in [-0.39, 0.29) is 0 Å². The maximum Gasteiger partial charge on any atom is 0.119 e. The molecule has 0 bridgehead atoms. The monoisotopic (exact) mass is 284 g/mol. The molecule has 0 saturated heterocycles. The van der Waals surface area contributed by atoms with Crippen molar-refractivity contribution in [3.63, 3.8) is 0 Å². The minimum atomic E-state index is 0.715. The average Bonchev–Trinajstić information content (AvgIpc) is 2.52. The van der Waals surface area contributed by atoms with Crippen molar-refractivity contribution in [1.82, 2.24) is 0 Å². The maximum atomic E-state index is 5.80. The summed E-state index contributed by atoms with van der Waals surface area (Å²) >= 11 is 0. The zero-order valence-electron chi connectivity index (χ0n) is 12.9. The van der Waals surface area contributed by atoms with Crippen LogP contribution in [0.4, 0.5) is 11.4 Å². The highest BCUT2D eigenvalue weighted by molar-refractivity contribution is 5.49. The molecule has 0 aliphatic carbocycles. The van der Waals surface area contributed by atoms with Gasteiger partial charge in [0.2, 0.25) is 0 Å². The Morgan fingerprint density at radius 3 is 2.52 bits per heavy atom. The van der Waals surface area contributed by atoms with E-state index in [2.05, 4.69) is 36.1 Å². The number of rotatable bonds is 7. The van der Waals surface area contributed by atoms with E-state index in [1.165, 1.54) is 5.69 Å². The third kappa shape index (κ3) is 4.42. The number of hydrogen-bond donors (Lipinski definition) is 1. The van der Waals surface area contributed by atoms with Gasteiger partial charge in [0, 0.05) is 24.5 Å². The Labute approximate surface area is 127 Å². The highest BCUT2D eigenvalue weighted by Crippen LogP contribution is 2.19. The molecule has 2 aromatic rings. The second kappa shape index (κ2) is 7.58. The van der Waals surface area contributed by atoms with Crippen molar-refractivity contribution >= 4 is 11.4 Å². The van der Waals surface area contributed by atoms with E-state index >= 15 is 0 Å². The lowest BCUT2D eigenvalue weighted by molar-refractivity contribution is 0.312. The zero-order chi connectivity index (χ0) is 15.1. The number of para-hydroxylation sites is 1. The van der Waals surface area contributed by atoms with Crippen LogP contribution < -0.4 is 15.4 Å². The lowest BCUT2D eigenvalue weighted by atomic mass is 10.2. The summed E-state index contributed by atoms with van der Waals surface area (Å²) in [4.78, 5) is 2.36. The van der Waals surface area contributed by atoms with Crippen LogP contribution in [0.5, 0.6) is 5.75 Å². The second-order valence-electron chi connectivity index (χ2n) is 5.14. The number of ether oxygens (including phenoxy) is 1. The van der Waals surface area contributed by atoms with Crippen LogP contribution in [0.25, 0.3) is 0 Å². The van der Waals surface area contributed by atoms with Crippen LogP contribution in [0.15, 0.2) is 48.5 Å². The van der Waals surface area contributed by atoms with Crippen LogP contribution in [-0.4, -0.2) is 19.7 Å². The normalized spacial score (nSPS) is 10.4. The molecule has 21 heavy (non-hydrogen) atoms. The summed E-state index contributed by atoms with van der Waals surface area (Å²) in [5, 5.41) is 0. The molecule has 0 fully saturated rings. The van der Waals surface area contributed by atoms with Gasteiger partial charge in [-0.3, -0.25) is 0 Å². The fourth-order valence-electron chi connectivity index (χ4n) is 2.29. The number of aryl methyl sites for hydroxylation is 1. The van der Waals surface area contributed by atoms with Gasteiger partial charge in [-0.25, -0.2) is 0 Å². The summed E-state index contributed by atoms with van der Waals surface area (Å²) in [6.45, 7) is 6.89. The summed E-state index contributed by atoms with van der Waals surface area (Å²) in [5.74, 6) is 0.893. The van der Waals surface area contributed by atoms with Crippen molar-refractivity contribution in [2.75, 3.05) is 30.3 Å². The number of anilines is 2. The number of nitrogen functional groups attached to an aromatic ring is 1. The first-order chi connectivity index (χ1) is 10.2. The fourth-order valence-corrected chi connectivity index (χ4v) is 2.29. The molecular formula is C18H24N2O. The van der Waals surface area contributed by atoms with Crippen molar-refractivity contribution in [2.24, 2.45) is 0 Å². The Morgan fingerprint density at radius 2 is 1.86 bits per heavy atom. The molecule has 2 N–H and O–H groups in total. The topological polar surface area (TPSA) is 38.5 Å². The van der Waals surface area contributed by atoms with Gasteiger partial charge in [0.15, 0.2) is 0 Å². The van der Waals surface area contributed by atoms with Crippen LogP contribution in [-0.2, 0) is 0 Å². The highest BCUT2D eigenvalue weighted by atomic mass is 16.5. The van der Waals surface area contributed by atoms with E-state index in [1.807, 2.05) is 31.2 Å². The summed E-state index contributed by atoms with van der Waals surface area (Å²) in [6.07, 6.45) is 0.992. The first-order valence-corrected chi connectivity index (χ1v) is 7.49. The molecule has 2 aromatic carbocycles. The average molecular weight is 284 g/mol. The van der Waals surface area contributed by atoms with E-state index in [4.69, 9.17) is 10.5 Å². The largest absolute Gasteiger partial charge is 0.494 e. The SMILES string of the molecule is CCN(CCCOc1ccc(N)c(C)c1)c1ccccc1.